The largest absolute Gasteiger partial charge is 0.507 e. The molecule has 3 N–H and O–H groups in total. The van der Waals surface area contributed by atoms with Crippen LogP contribution in [-0.4, -0.2) is 25.3 Å². The van der Waals surface area contributed by atoms with Gasteiger partial charge in [-0.25, -0.2) is 4.98 Å². The zero-order valence-electron chi connectivity index (χ0n) is 12.2. The number of nitrogens with one attached hydrogen (secondary N) is 2. The third-order valence-electron chi connectivity index (χ3n) is 3.72. The normalized spacial score (nSPS) is 10.8. The van der Waals surface area contributed by atoms with Gasteiger partial charge in [-0.1, -0.05) is 42.5 Å². The number of imidazole rings is 1. The molecule has 0 spiro atoms. The second kappa shape index (κ2) is 5.46. The molecule has 0 aliphatic rings. The Kier molecular flexibility index (Phi) is 3.16. The minimum absolute atomic E-state index is 0.198. The van der Waals surface area contributed by atoms with Crippen LogP contribution in [0.3, 0.4) is 0 Å². The molecule has 2 aromatic heterocycles. The van der Waals surface area contributed by atoms with Gasteiger partial charge in [0.15, 0.2) is 0 Å². The molecular formula is C18H14N4O. The van der Waals surface area contributed by atoms with Crippen LogP contribution in [0.4, 0.5) is 0 Å². The van der Waals surface area contributed by atoms with E-state index < -0.39 is 0 Å². The van der Waals surface area contributed by atoms with Crippen LogP contribution >= 0.6 is 0 Å². The van der Waals surface area contributed by atoms with Gasteiger partial charge in [0.05, 0.1) is 11.3 Å². The Morgan fingerprint density at radius 2 is 1.70 bits per heavy atom. The first-order valence-corrected chi connectivity index (χ1v) is 7.26. The summed E-state index contributed by atoms with van der Waals surface area (Å²) in [6, 6.07) is 17.1. The monoisotopic (exact) mass is 302 g/mol. The van der Waals surface area contributed by atoms with Crippen LogP contribution in [0.2, 0.25) is 0 Å². The zero-order chi connectivity index (χ0) is 15.6. The molecule has 4 aromatic rings. The maximum absolute atomic E-state index is 10.2. The van der Waals surface area contributed by atoms with E-state index in [1.807, 2.05) is 42.5 Å². The van der Waals surface area contributed by atoms with Crippen LogP contribution < -0.4 is 0 Å². The molecular weight excluding hydrogens is 288 g/mol. The standard InChI is InChI=1S/C18H14N4O/c23-14-9-5-4-8-13(14)17-15(18-19-10-11-20-18)16(21-22-17)12-6-2-1-3-7-12/h1-11,23H,(H,19,20)(H,21,22). The van der Waals surface area contributed by atoms with E-state index in [9.17, 15) is 5.11 Å². The molecule has 0 amide bonds. The van der Waals surface area contributed by atoms with E-state index in [1.165, 1.54) is 0 Å². The molecule has 0 radical (unpaired) electrons. The Labute approximate surface area is 132 Å². The van der Waals surface area contributed by atoms with Crippen molar-refractivity contribution in [2.45, 2.75) is 0 Å². The lowest BCUT2D eigenvalue weighted by atomic mass is 10.0. The lowest BCUT2D eigenvalue weighted by molar-refractivity contribution is 0.477. The molecule has 0 saturated heterocycles. The molecule has 5 nitrogen and oxygen atoms in total. The molecule has 0 fully saturated rings. The molecule has 0 bridgehead atoms. The topological polar surface area (TPSA) is 77.6 Å². The van der Waals surface area contributed by atoms with Crippen molar-refractivity contribution in [1.29, 1.82) is 0 Å². The van der Waals surface area contributed by atoms with Gasteiger partial charge in [-0.3, -0.25) is 5.10 Å². The van der Waals surface area contributed by atoms with Crippen LogP contribution in [0, 0.1) is 0 Å². The molecule has 5 heteroatoms. The lowest BCUT2D eigenvalue weighted by Gasteiger charge is -2.06. The fraction of sp³-hybridized carbons (Fsp3) is 0. The SMILES string of the molecule is Oc1ccccc1-c1[nH]nc(-c2ccccc2)c1-c1ncc[nH]1. The van der Waals surface area contributed by atoms with E-state index in [0.717, 1.165) is 22.5 Å². The number of hydrogen-bond donors (Lipinski definition) is 3. The molecule has 112 valence electrons. The fourth-order valence-electron chi connectivity index (χ4n) is 2.66. The van der Waals surface area contributed by atoms with Crippen LogP contribution in [0.5, 0.6) is 5.75 Å². The number of aromatic nitrogens is 4. The number of rotatable bonds is 3. The smallest absolute Gasteiger partial charge is 0.141 e. The van der Waals surface area contributed by atoms with Gasteiger partial charge in [-0.2, -0.15) is 5.10 Å². The molecule has 2 aromatic carbocycles. The molecule has 0 aliphatic carbocycles. The first-order chi connectivity index (χ1) is 11.3. The van der Waals surface area contributed by atoms with Gasteiger partial charge < -0.3 is 10.1 Å². The third-order valence-corrected chi connectivity index (χ3v) is 3.72. The summed E-state index contributed by atoms with van der Waals surface area (Å²) in [5, 5.41) is 17.7. The number of nitrogens with zero attached hydrogens (tertiary/aromatic N) is 2. The number of phenolic OH excluding ortho intramolecular Hbond substituents is 1. The van der Waals surface area contributed by atoms with Crippen molar-refractivity contribution >= 4 is 0 Å². The van der Waals surface area contributed by atoms with Gasteiger partial charge >= 0.3 is 0 Å². The summed E-state index contributed by atoms with van der Waals surface area (Å²) in [6.45, 7) is 0. The van der Waals surface area contributed by atoms with Gasteiger partial charge in [0.25, 0.3) is 0 Å². The second-order valence-corrected chi connectivity index (χ2v) is 5.14. The van der Waals surface area contributed by atoms with Crippen LogP contribution in [0.1, 0.15) is 0 Å². The molecule has 23 heavy (non-hydrogen) atoms. The lowest BCUT2D eigenvalue weighted by Crippen LogP contribution is -1.87. The summed E-state index contributed by atoms with van der Waals surface area (Å²) in [5.41, 5.74) is 4.03. The van der Waals surface area contributed by atoms with Crippen LogP contribution in [-0.2, 0) is 0 Å². The minimum atomic E-state index is 0.198. The average molecular weight is 302 g/mol. The number of hydrogen-bond acceptors (Lipinski definition) is 3. The van der Waals surface area contributed by atoms with Gasteiger partial charge in [-0.15, -0.1) is 0 Å². The first kappa shape index (κ1) is 13.3. The number of phenols is 1. The summed E-state index contributed by atoms with van der Waals surface area (Å²) in [5.74, 6) is 0.902. The number of aromatic hydroxyl groups is 1. The highest BCUT2D eigenvalue weighted by molar-refractivity contribution is 5.90. The predicted octanol–water partition coefficient (Wildman–Crippen LogP) is 3.84. The van der Waals surface area contributed by atoms with Crippen LogP contribution in [0.25, 0.3) is 33.9 Å². The Morgan fingerprint density at radius 3 is 2.43 bits per heavy atom. The number of para-hydroxylation sites is 1. The fourth-order valence-corrected chi connectivity index (χ4v) is 2.66. The summed E-state index contributed by atoms with van der Waals surface area (Å²) in [7, 11) is 0. The highest BCUT2D eigenvalue weighted by Gasteiger charge is 2.21. The van der Waals surface area contributed by atoms with Gasteiger partial charge in [0, 0.05) is 23.5 Å². The van der Waals surface area contributed by atoms with E-state index in [2.05, 4.69) is 20.2 Å². The van der Waals surface area contributed by atoms with Gasteiger partial charge in [0.1, 0.15) is 17.3 Å². The van der Waals surface area contributed by atoms with Crippen molar-refractivity contribution in [2.75, 3.05) is 0 Å². The van der Waals surface area contributed by atoms with Crippen molar-refractivity contribution in [2.24, 2.45) is 0 Å². The third kappa shape index (κ3) is 2.28. The molecule has 4 rings (SSSR count). The maximum atomic E-state index is 10.2. The summed E-state index contributed by atoms with van der Waals surface area (Å²) >= 11 is 0. The highest BCUT2D eigenvalue weighted by atomic mass is 16.3. The van der Waals surface area contributed by atoms with E-state index >= 15 is 0 Å². The van der Waals surface area contributed by atoms with Crippen molar-refractivity contribution in [1.82, 2.24) is 20.2 Å². The van der Waals surface area contributed by atoms with E-state index in [0.29, 0.717) is 11.4 Å². The van der Waals surface area contributed by atoms with Crippen molar-refractivity contribution < 1.29 is 5.11 Å². The number of benzene rings is 2. The van der Waals surface area contributed by atoms with Gasteiger partial charge in [0.2, 0.25) is 0 Å². The van der Waals surface area contributed by atoms with Crippen LogP contribution in [0.15, 0.2) is 67.0 Å². The zero-order valence-corrected chi connectivity index (χ0v) is 12.2. The maximum Gasteiger partial charge on any atom is 0.141 e. The Bertz CT molecular complexity index is 927. The predicted molar refractivity (Wildman–Crippen MR) is 88.7 cm³/mol. The molecule has 0 aliphatic heterocycles. The number of H-pyrrole nitrogens is 2. The molecule has 0 atom stereocenters. The minimum Gasteiger partial charge on any atom is -0.507 e. The quantitative estimate of drug-likeness (QED) is 0.538. The van der Waals surface area contributed by atoms with Crippen molar-refractivity contribution in [3.05, 3.63) is 67.0 Å². The van der Waals surface area contributed by atoms with Crippen molar-refractivity contribution in [3.63, 3.8) is 0 Å². The summed E-state index contributed by atoms with van der Waals surface area (Å²) in [4.78, 5) is 7.49. The number of aromatic amines is 2. The van der Waals surface area contributed by atoms with Crippen molar-refractivity contribution in [3.8, 4) is 39.7 Å². The average Bonchev–Trinajstić information content (AvgIpc) is 3.25. The summed E-state index contributed by atoms with van der Waals surface area (Å²) < 4.78 is 0. The van der Waals surface area contributed by atoms with E-state index in [-0.39, 0.29) is 5.75 Å². The van der Waals surface area contributed by atoms with E-state index in [4.69, 9.17) is 0 Å². The first-order valence-electron chi connectivity index (χ1n) is 7.26. The Balaban J connectivity index is 1.99. The summed E-state index contributed by atoms with van der Waals surface area (Å²) in [6.07, 6.45) is 3.47. The molecule has 0 unspecified atom stereocenters. The van der Waals surface area contributed by atoms with Gasteiger partial charge in [-0.05, 0) is 12.1 Å². The Hall–Kier alpha value is -3.34. The molecule has 0 saturated carbocycles. The molecule has 2 heterocycles. The van der Waals surface area contributed by atoms with E-state index in [1.54, 1.807) is 24.5 Å². The highest BCUT2D eigenvalue weighted by Crippen LogP contribution is 2.39. The second-order valence-electron chi connectivity index (χ2n) is 5.14. The Morgan fingerprint density at radius 1 is 0.913 bits per heavy atom.